The van der Waals surface area contributed by atoms with Crippen LogP contribution in [-0.4, -0.2) is 6.29 Å². The molecule has 0 aliphatic rings. The molecule has 0 radical (unpaired) electrons. The molecule has 1 nitrogen and oxygen atoms in total. The Hall–Kier alpha value is -1.11. The van der Waals surface area contributed by atoms with Crippen LogP contribution < -0.4 is 0 Å². The smallest absolute Gasteiger partial charge is 0.142 e. The summed E-state index contributed by atoms with van der Waals surface area (Å²) < 4.78 is 0. The Labute approximate surface area is 55.4 Å². The highest BCUT2D eigenvalue weighted by Crippen LogP contribution is 1.82. The second kappa shape index (κ2) is 6.89. The quantitative estimate of drug-likeness (QED) is 0.241. The molecule has 9 heavy (non-hydrogen) atoms. The van der Waals surface area contributed by atoms with E-state index >= 15 is 0 Å². The molecule has 0 heterocycles. The maximum Gasteiger partial charge on any atom is 0.142 e. The van der Waals surface area contributed by atoms with Gasteiger partial charge in [-0.3, -0.25) is 4.79 Å². The van der Waals surface area contributed by atoms with Crippen LogP contribution in [0, 0.1) is 0 Å². The molecule has 0 spiro atoms. The lowest BCUT2D eigenvalue weighted by Gasteiger charge is -1.73. The molecule has 0 aromatic heterocycles. The molecule has 1 heteroatoms. The lowest BCUT2D eigenvalue weighted by Crippen LogP contribution is -1.57. The molecular formula is C8H10O. The summed E-state index contributed by atoms with van der Waals surface area (Å²) in [5.74, 6) is 0. The van der Waals surface area contributed by atoms with E-state index in [4.69, 9.17) is 0 Å². The normalized spacial score (nSPS) is 10.7. The number of allylic oxidation sites excluding steroid dienone is 5. The first-order valence-corrected chi connectivity index (χ1v) is 2.79. The van der Waals surface area contributed by atoms with Crippen molar-refractivity contribution >= 4 is 6.29 Å². The van der Waals surface area contributed by atoms with E-state index in [1.165, 1.54) is 6.08 Å². The van der Waals surface area contributed by atoms with Gasteiger partial charge in [0.25, 0.3) is 0 Å². The van der Waals surface area contributed by atoms with Crippen LogP contribution in [0.4, 0.5) is 0 Å². The Morgan fingerprint density at radius 1 is 1.22 bits per heavy atom. The number of rotatable bonds is 4. The van der Waals surface area contributed by atoms with E-state index in [2.05, 4.69) is 6.58 Å². The number of carbonyl (C=O) groups is 1. The third kappa shape index (κ3) is 6.89. The van der Waals surface area contributed by atoms with Gasteiger partial charge < -0.3 is 0 Å². The average Bonchev–Trinajstić information content (AvgIpc) is 1.89. The van der Waals surface area contributed by atoms with Gasteiger partial charge in [-0.15, -0.1) is 6.58 Å². The highest BCUT2D eigenvalue weighted by atomic mass is 16.1. The topological polar surface area (TPSA) is 17.1 Å². The molecule has 48 valence electrons. The molecule has 0 bridgehead atoms. The highest BCUT2D eigenvalue weighted by Gasteiger charge is 1.63. The van der Waals surface area contributed by atoms with Gasteiger partial charge in [-0.25, -0.2) is 0 Å². The summed E-state index contributed by atoms with van der Waals surface area (Å²) in [6.07, 6.45) is 10.3. The third-order valence-corrected chi connectivity index (χ3v) is 0.740. The fraction of sp³-hybridized carbons (Fsp3) is 0.125. The van der Waals surface area contributed by atoms with Crippen molar-refractivity contribution in [1.82, 2.24) is 0 Å². The maximum atomic E-state index is 9.70. The van der Waals surface area contributed by atoms with Crippen molar-refractivity contribution in [1.29, 1.82) is 0 Å². The monoisotopic (exact) mass is 122 g/mol. The summed E-state index contributed by atoms with van der Waals surface area (Å²) in [7, 11) is 0. The zero-order chi connectivity index (χ0) is 6.95. The Morgan fingerprint density at radius 2 is 2.00 bits per heavy atom. The minimum absolute atomic E-state index is 0.748. The van der Waals surface area contributed by atoms with Crippen LogP contribution in [0.5, 0.6) is 0 Å². The van der Waals surface area contributed by atoms with Crippen molar-refractivity contribution in [2.45, 2.75) is 6.42 Å². The van der Waals surface area contributed by atoms with Crippen LogP contribution in [0.1, 0.15) is 6.42 Å². The molecular weight excluding hydrogens is 112 g/mol. The van der Waals surface area contributed by atoms with Gasteiger partial charge in [0.1, 0.15) is 6.29 Å². The first-order valence-electron chi connectivity index (χ1n) is 2.79. The summed E-state index contributed by atoms with van der Waals surface area (Å²) in [4.78, 5) is 9.70. The molecule has 0 rings (SSSR count). The molecule has 0 aliphatic heterocycles. The Kier molecular flexibility index (Phi) is 6.04. The predicted molar refractivity (Wildman–Crippen MR) is 39.2 cm³/mol. The van der Waals surface area contributed by atoms with E-state index in [9.17, 15) is 4.79 Å². The summed E-state index contributed by atoms with van der Waals surface area (Å²) >= 11 is 0. The van der Waals surface area contributed by atoms with Gasteiger partial charge in [0.2, 0.25) is 0 Å². The first-order chi connectivity index (χ1) is 4.41. The molecule has 0 unspecified atom stereocenters. The summed E-state index contributed by atoms with van der Waals surface area (Å²) in [5, 5.41) is 0. The van der Waals surface area contributed by atoms with Gasteiger partial charge in [0, 0.05) is 0 Å². The van der Waals surface area contributed by atoms with Crippen molar-refractivity contribution in [3.8, 4) is 0 Å². The second-order valence-corrected chi connectivity index (χ2v) is 1.47. The van der Waals surface area contributed by atoms with Crippen LogP contribution in [-0.2, 0) is 4.79 Å². The summed E-state index contributed by atoms with van der Waals surface area (Å²) in [6, 6.07) is 0. The van der Waals surface area contributed by atoms with E-state index in [-0.39, 0.29) is 0 Å². The minimum atomic E-state index is 0.748. The molecule has 0 saturated heterocycles. The van der Waals surface area contributed by atoms with Gasteiger partial charge >= 0.3 is 0 Å². The predicted octanol–water partition coefficient (Wildman–Crippen LogP) is 1.87. The molecule has 0 aromatic carbocycles. The van der Waals surface area contributed by atoms with E-state index in [0.29, 0.717) is 0 Å². The molecule has 0 N–H and O–H groups in total. The van der Waals surface area contributed by atoms with E-state index in [1.54, 1.807) is 12.2 Å². The van der Waals surface area contributed by atoms with Crippen LogP contribution in [0.15, 0.2) is 37.0 Å². The van der Waals surface area contributed by atoms with Crippen LogP contribution in [0.25, 0.3) is 0 Å². The zero-order valence-electron chi connectivity index (χ0n) is 5.29. The largest absolute Gasteiger partial charge is 0.299 e. The fourth-order valence-electron chi connectivity index (χ4n) is 0.363. The lowest BCUT2D eigenvalue weighted by molar-refractivity contribution is -0.104. The third-order valence-electron chi connectivity index (χ3n) is 0.740. The van der Waals surface area contributed by atoms with Gasteiger partial charge in [-0.05, 0) is 12.5 Å². The molecule has 0 atom stereocenters. The lowest BCUT2D eigenvalue weighted by atomic mass is 10.3. The number of carbonyl (C=O) groups excluding carboxylic acids is 1. The van der Waals surface area contributed by atoms with Crippen LogP contribution >= 0.6 is 0 Å². The van der Waals surface area contributed by atoms with Crippen molar-refractivity contribution in [3.63, 3.8) is 0 Å². The van der Waals surface area contributed by atoms with Crippen molar-refractivity contribution in [2.75, 3.05) is 0 Å². The van der Waals surface area contributed by atoms with Gasteiger partial charge in [-0.1, -0.05) is 24.3 Å². The second-order valence-electron chi connectivity index (χ2n) is 1.47. The van der Waals surface area contributed by atoms with E-state index < -0.39 is 0 Å². The molecule has 0 saturated carbocycles. The van der Waals surface area contributed by atoms with Crippen LogP contribution in [0.2, 0.25) is 0 Å². The minimum Gasteiger partial charge on any atom is -0.299 e. The van der Waals surface area contributed by atoms with Gasteiger partial charge in [0.15, 0.2) is 0 Å². The summed E-state index contributed by atoms with van der Waals surface area (Å²) in [6.45, 7) is 3.53. The Morgan fingerprint density at radius 3 is 2.56 bits per heavy atom. The Bertz CT molecular complexity index is 132. The van der Waals surface area contributed by atoms with Crippen LogP contribution in [0.3, 0.4) is 0 Å². The first kappa shape index (κ1) is 7.89. The molecule has 0 amide bonds. The van der Waals surface area contributed by atoms with Crippen molar-refractivity contribution < 1.29 is 4.79 Å². The molecule has 0 aliphatic carbocycles. The van der Waals surface area contributed by atoms with Gasteiger partial charge in [-0.2, -0.15) is 0 Å². The fourth-order valence-corrected chi connectivity index (χ4v) is 0.363. The zero-order valence-corrected chi connectivity index (χ0v) is 5.29. The van der Waals surface area contributed by atoms with Gasteiger partial charge in [0.05, 0.1) is 0 Å². The standard InChI is InChI=1S/C8H10O/c1-2-3-4-5-6-7-8-9/h2,4-8H,1,3H2/b5-4+,7-6-. The van der Waals surface area contributed by atoms with E-state index in [0.717, 1.165) is 12.7 Å². The average molecular weight is 122 g/mol. The number of aldehydes is 1. The number of hydrogen-bond acceptors (Lipinski definition) is 1. The highest BCUT2D eigenvalue weighted by molar-refractivity contribution is 5.65. The number of hydrogen-bond donors (Lipinski definition) is 0. The maximum absolute atomic E-state index is 9.70. The SMILES string of the molecule is C=CC/C=C/C=C\C=O. The molecule has 0 fully saturated rings. The van der Waals surface area contributed by atoms with E-state index in [1.807, 2.05) is 12.2 Å². The van der Waals surface area contributed by atoms with Crippen molar-refractivity contribution in [3.05, 3.63) is 37.0 Å². The summed E-state index contributed by atoms with van der Waals surface area (Å²) in [5.41, 5.74) is 0. The Balaban J connectivity index is 3.33. The molecule has 0 aromatic rings. The van der Waals surface area contributed by atoms with Crippen molar-refractivity contribution in [2.24, 2.45) is 0 Å².